The Balaban J connectivity index is 1.92. The van der Waals surface area contributed by atoms with Crippen LogP contribution in [0.4, 0.5) is 4.39 Å². The number of benzene rings is 1. The summed E-state index contributed by atoms with van der Waals surface area (Å²) < 4.78 is 14.5. The molecule has 0 atom stereocenters. The Labute approximate surface area is 140 Å². The Hall–Kier alpha value is -2.43. The van der Waals surface area contributed by atoms with E-state index in [0.29, 0.717) is 11.3 Å². The third-order valence-electron chi connectivity index (χ3n) is 4.57. The SMILES string of the molecule is Cc1ccn(-c2ccc(F)cc2)c(=O)c1C(=O)NC1CCCCC1. The molecule has 1 aliphatic carbocycles. The minimum absolute atomic E-state index is 0.143. The predicted molar refractivity (Wildman–Crippen MR) is 91.1 cm³/mol. The Kier molecular flexibility index (Phi) is 4.79. The van der Waals surface area contributed by atoms with Crippen molar-refractivity contribution in [1.29, 1.82) is 0 Å². The number of rotatable bonds is 3. The summed E-state index contributed by atoms with van der Waals surface area (Å²) in [7, 11) is 0. The molecule has 5 heteroatoms. The molecule has 0 aliphatic heterocycles. The average molecular weight is 328 g/mol. The molecule has 1 N–H and O–H groups in total. The summed E-state index contributed by atoms with van der Waals surface area (Å²) in [6.07, 6.45) is 6.96. The molecule has 0 radical (unpaired) electrons. The van der Waals surface area contributed by atoms with E-state index in [9.17, 15) is 14.0 Å². The van der Waals surface area contributed by atoms with Gasteiger partial charge in [-0.1, -0.05) is 19.3 Å². The molecule has 0 bridgehead atoms. The van der Waals surface area contributed by atoms with Crippen molar-refractivity contribution >= 4 is 5.91 Å². The van der Waals surface area contributed by atoms with Crippen LogP contribution in [0.15, 0.2) is 41.3 Å². The summed E-state index contributed by atoms with van der Waals surface area (Å²) in [4.78, 5) is 25.4. The van der Waals surface area contributed by atoms with Crippen LogP contribution in [0.2, 0.25) is 0 Å². The van der Waals surface area contributed by atoms with Gasteiger partial charge >= 0.3 is 0 Å². The van der Waals surface area contributed by atoms with Crippen molar-refractivity contribution in [3.8, 4) is 5.69 Å². The van der Waals surface area contributed by atoms with Gasteiger partial charge in [-0.05, 0) is 55.7 Å². The number of carbonyl (C=O) groups is 1. The molecule has 1 saturated carbocycles. The first-order valence-corrected chi connectivity index (χ1v) is 8.35. The first kappa shape index (κ1) is 16.4. The molecule has 0 spiro atoms. The quantitative estimate of drug-likeness (QED) is 0.939. The first-order valence-electron chi connectivity index (χ1n) is 8.35. The van der Waals surface area contributed by atoms with Crippen molar-refractivity contribution in [1.82, 2.24) is 9.88 Å². The van der Waals surface area contributed by atoms with Gasteiger partial charge < -0.3 is 5.32 Å². The monoisotopic (exact) mass is 328 g/mol. The van der Waals surface area contributed by atoms with Crippen LogP contribution in [-0.4, -0.2) is 16.5 Å². The fourth-order valence-electron chi connectivity index (χ4n) is 3.21. The number of hydrogen-bond donors (Lipinski definition) is 1. The summed E-state index contributed by atoms with van der Waals surface area (Å²) in [5.41, 5.74) is 0.960. The van der Waals surface area contributed by atoms with Gasteiger partial charge in [-0.3, -0.25) is 14.2 Å². The Morgan fingerprint density at radius 2 is 1.79 bits per heavy atom. The molecule has 126 valence electrons. The number of amides is 1. The van der Waals surface area contributed by atoms with E-state index in [1.54, 1.807) is 19.2 Å². The van der Waals surface area contributed by atoms with Crippen molar-refractivity contribution in [2.75, 3.05) is 0 Å². The van der Waals surface area contributed by atoms with Crippen molar-refractivity contribution in [3.63, 3.8) is 0 Å². The zero-order valence-electron chi connectivity index (χ0n) is 13.7. The highest BCUT2D eigenvalue weighted by Gasteiger charge is 2.21. The van der Waals surface area contributed by atoms with E-state index in [1.165, 1.54) is 35.3 Å². The Morgan fingerprint density at radius 1 is 1.12 bits per heavy atom. The molecule has 1 amide bonds. The summed E-state index contributed by atoms with van der Waals surface area (Å²) in [5.74, 6) is -0.685. The molecule has 3 rings (SSSR count). The number of nitrogens with one attached hydrogen (secondary N) is 1. The van der Waals surface area contributed by atoms with E-state index in [4.69, 9.17) is 0 Å². The van der Waals surface area contributed by atoms with Gasteiger partial charge in [-0.15, -0.1) is 0 Å². The highest BCUT2D eigenvalue weighted by Crippen LogP contribution is 2.18. The fraction of sp³-hybridized carbons (Fsp3) is 0.368. The van der Waals surface area contributed by atoms with Crippen molar-refractivity contribution in [2.45, 2.75) is 45.1 Å². The number of hydrogen-bond acceptors (Lipinski definition) is 2. The van der Waals surface area contributed by atoms with E-state index in [-0.39, 0.29) is 28.9 Å². The second kappa shape index (κ2) is 6.99. The lowest BCUT2D eigenvalue weighted by Gasteiger charge is -2.23. The Morgan fingerprint density at radius 3 is 2.46 bits per heavy atom. The number of halogens is 1. The van der Waals surface area contributed by atoms with E-state index in [0.717, 1.165) is 25.7 Å². The highest BCUT2D eigenvalue weighted by atomic mass is 19.1. The zero-order chi connectivity index (χ0) is 17.1. The van der Waals surface area contributed by atoms with Crippen LogP contribution in [0.25, 0.3) is 5.69 Å². The number of nitrogens with zero attached hydrogens (tertiary/aromatic N) is 1. The molecule has 1 fully saturated rings. The zero-order valence-corrected chi connectivity index (χ0v) is 13.7. The van der Waals surface area contributed by atoms with Crippen LogP contribution in [0.1, 0.15) is 48.0 Å². The topological polar surface area (TPSA) is 51.1 Å². The number of carbonyl (C=O) groups excluding carboxylic acids is 1. The fourth-order valence-corrected chi connectivity index (χ4v) is 3.21. The van der Waals surface area contributed by atoms with Gasteiger partial charge in [0.15, 0.2) is 0 Å². The van der Waals surface area contributed by atoms with Gasteiger partial charge in [-0.2, -0.15) is 0 Å². The third-order valence-corrected chi connectivity index (χ3v) is 4.57. The lowest BCUT2D eigenvalue weighted by atomic mass is 9.95. The number of aromatic nitrogens is 1. The molecular formula is C19H21FN2O2. The first-order chi connectivity index (χ1) is 11.6. The molecule has 1 heterocycles. The molecule has 0 saturated heterocycles. The van der Waals surface area contributed by atoms with Crippen LogP contribution < -0.4 is 10.9 Å². The van der Waals surface area contributed by atoms with Crippen LogP contribution in [0, 0.1) is 12.7 Å². The highest BCUT2D eigenvalue weighted by molar-refractivity contribution is 5.95. The van der Waals surface area contributed by atoms with E-state index in [1.807, 2.05) is 0 Å². The van der Waals surface area contributed by atoms with Gasteiger partial charge in [0.25, 0.3) is 11.5 Å². The average Bonchev–Trinajstić information content (AvgIpc) is 2.57. The van der Waals surface area contributed by atoms with Crippen molar-refractivity contribution < 1.29 is 9.18 Å². The minimum atomic E-state index is -0.380. The molecule has 4 nitrogen and oxygen atoms in total. The second-order valence-electron chi connectivity index (χ2n) is 6.33. The lowest BCUT2D eigenvalue weighted by Crippen LogP contribution is -2.40. The number of pyridine rings is 1. The normalized spacial score (nSPS) is 15.2. The summed E-state index contributed by atoms with van der Waals surface area (Å²) in [5, 5.41) is 2.99. The second-order valence-corrected chi connectivity index (χ2v) is 6.33. The largest absolute Gasteiger partial charge is 0.349 e. The summed E-state index contributed by atoms with van der Waals surface area (Å²) in [6, 6.07) is 7.52. The molecule has 1 aliphatic rings. The van der Waals surface area contributed by atoms with Gasteiger partial charge in [0, 0.05) is 17.9 Å². The predicted octanol–water partition coefficient (Wildman–Crippen LogP) is 3.35. The molecule has 24 heavy (non-hydrogen) atoms. The van der Waals surface area contributed by atoms with Crippen LogP contribution in [0.5, 0.6) is 0 Å². The van der Waals surface area contributed by atoms with Gasteiger partial charge in [0.1, 0.15) is 11.4 Å². The maximum atomic E-state index is 13.1. The molecule has 2 aromatic rings. The summed E-state index contributed by atoms with van der Waals surface area (Å²) >= 11 is 0. The molecule has 1 aromatic heterocycles. The van der Waals surface area contributed by atoms with E-state index < -0.39 is 0 Å². The standard InChI is InChI=1S/C19H21FN2O2/c1-13-11-12-22(16-9-7-14(20)8-10-16)19(24)17(13)18(23)21-15-5-3-2-4-6-15/h7-12,15H,2-6H2,1H3,(H,21,23). The van der Waals surface area contributed by atoms with Gasteiger partial charge in [0.2, 0.25) is 0 Å². The van der Waals surface area contributed by atoms with Gasteiger partial charge in [-0.25, -0.2) is 4.39 Å². The molecular weight excluding hydrogens is 307 g/mol. The van der Waals surface area contributed by atoms with Crippen molar-refractivity contribution in [3.05, 3.63) is 63.8 Å². The van der Waals surface area contributed by atoms with Crippen LogP contribution in [0.3, 0.4) is 0 Å². The third kappa shape index (κ3) is 3.40. The lowest BCUT2D eigenvalue weighted by molar-refractivity contribution is 0.0925. The van der Waals surface area contributed by atoms with Crippen LogP contribution in [-0.2, 0) is 0 Å². The number of aryl methyl sites for hydroxylation is 1. The summed E-state index contributed by atoms with van der Waals surface area (Å²) in [6.45, 7) is 1.76. The maximum absolute atomic E-state index is 13.1. The molecule has 0 unspecified atom stereocenters. The van der Waals surface area contributed by atoms with E-state index in [2.05, 4.69) is 5.32 Å². The van der Waals surface area contributed by atoms with E-state index >= 15 is 0 Å². The maximum Gasteiger partial charge on any atom is 0.268 e. The van der Waals surface area contributed by atoms with Crippen molar-refractivity contribution in [2.24, 2.45) is 0 Å². The van der Waals surface area contributed by atoms with Crippen LogP contribution >= 0.6 is 0 Å². The smallest absolute Gasteiger partial charge is 0.268 e. The van der Waals surface area contributed by atoms with Gasteiger partial charge in [0.05, 0.1) is 0 Å². The minimum Gasteiger partial charge on any atom is -0.349 e. The Bertz CT molecular complexity index is 790. The molecule has 1 aromatic carbocycles.